The number of alkyl halides is 2. The summed E-state index contributed by atoms with van der Waals surface area (Å²) >= 11 is 0. The van der Waals surface area contributed by atoms with Gasteiger partial charge in [-0.25, -0.2) is 18.8 Å². The number of carbonyl (C=O) groups excluding carboxylic acids is 1. The van der Waals surface area contributed by atoms with E-state index in [2.05, 4.69) is 22.2 Å². The predicted octanol–water partition coefficient (Wildman–Crippen LogP) is 4.24. The first-order chi connectivity index (χ1) is 16.2. The number of nitrogens with zero attached hydrogens (tertiary/aromatic N) is 3. The van der Waals surface area contributed by atoms with Crippen LogP contribution in [0.5, 0.6) is 0 Å². The first kappa shape index (κ1) is 28.6. The van der Waals surface area contributed by atoms with Gasteiger partial charge in [0, 0.05) is 50.8 Å². The molecule has 1 fully saturated rings. The molecule has 0 radical (unpaired) electrons. The van der Waals surface area contributed by atoms with Crippen LogP contribution in [0, 0.1) is 5.92 Å². The number of aliphatic imine (C=N–C) groups is 1. The number of aliphatic hydroxyl groups is 1. The van der Waals surface area contributed by atoms with Gasteiger partial charge in [-0.2, -0.15) is 0 Å². The monoisotopic (exact) mass is 491 g/mol. The molecule has 0 aliphatic carbocycles. The molecule has 2 rings (SSSR count). The quantitative estimate of drug-likeness (QED) is 0.374. The Morgan fingerprint density at radius 1 is 1.40 bits per heavy atom. The largest absolute Gasteiger partial charge is 0.389 e. The fraction of sp³-hybridized carbons (Fsp3) is 0.577. The summed E-state index contributed by atoms with van der Waals surface area (Å²) in [7, 11) is 0. The molecule has 0 aromatic carbocycles. The lowest BCUT2D eigenvalue weighted by molar-refractivity contribution is -0.117. The van der Waals surface area contributed by atoms with Crippen molar-refractivity contribution in [2.24, 2.45) is 10.9 Å². The number of carbonyl (C=O) groups is 1. The topological polar surface area (TPSA) is 89.9 Å². The van der Waals surface area contributed by atoms with Gasteiger partial charge in [0.15, 0.2) is 0 Å². The molecule has 1 aliphatic heterocycles. The second-order valence-corrected chi connectivity index (χ2v) is 9.78. The van der Waals surface area contributed by atoms with Crippen molar-refractivity contribution in [2.45, 2.75) is 72.5 Å². The zero-order valence-corrected chi connectivity index (χ0v) is 21.9. The molecule has 1 amide bonds. The Morgan fingerprint density at radius 3 is 2.57 bits per heavy atom. The molecule has 0 spiro atoms. The molecule has 7 nitrogen and oxygen atoms in total. The number of anilines is 1. The second-order valence-electron chi connectivity index (χ2n) is 9.78. The Labute approximate surface area is 207 Å². The summed E-state index contributed by atoms with van der Waals surface area (Å²) in [5, 5.41) is 16.5. The minimum atomic E-state index is -3.08. The van der Waals surface area contributed by atoms with Crippen molar-refractivity contribution in [3.05, 3.63) is 41.7 Å². The van der Waals surface area contributed by atoms with Crippen molar-refractivity contribution in [3.8, 4) is 0 Å². The highest BCUT2D eigenvalue weighted by Gasteiger charge is 2.33. The molecule has 35 heavy (non-hydrogen) atoms. The zero-order valence-electron chi connectivity index (χ0n) is 21.9. The summed E-state index contributed by atoms with van der Waals surface area (Å²) in [6.07, 6.45) is 2.08. The van der Waals surface area contributed by atoms with Crippen LogP contribution in [0.25, 0.3) is 5.57 Å². The summed E-state index contributed by atoms with van der Waals surface area (Å²) < 4.78 is 29.2. The lowest BCUT2D eigenvalue weighted by Gasteiger charge is -2.40. The number of rotatable bonds is 8. The molecule has 1 saturated heterocycles. The van der Waals surface area contributed by atoms with Gasteiger partial charge in [0.25, 0.3) is 5.92 Å². The number of hydrogen-bond acceptors (Lipinski definition) is 6. The van der Waals surface area contributed by atoms with E-state index in [9.17, 15) is 18.7 Å². The van der Waals surface area contributed by atoms with Gasteiger partial charge in [-0.05, 0) is 50.8 Å². The molecule has 0 saturated carbocycles. The number of halogens is 2. The summed E-state index contributed by atoms with van der Waals surface area (Å²) in [6.45, 7) is 16.7. The smallest absolute Gasteiger partial charge is 0.270 e. The van der Waals surface area contributed by atoms with Crippen molar-refractivity contribution in [2.75, 3.05) is 24.5 Å². The maximum atomic E-state index is 14.6. The standard InChI is InChI=1S/C26H39F2N5O2/c1-9-16(3)23(24(29-10-2)31-18(5)34)17(4)20-13-19(26(8,27)28)14-22(32-20)33-12-11-30-21(15-33)25(6,7)35/h10,13-14,16,21,30,35H,2,9,11-12,15H2,1,3-8H3,(H,29,31,34)/b23-17+. The lowest BCUT2D eigenvalue weighted by Crippen LogP contribution is -2.59. The first-order valence-electron chi connectivity index (χ1n) is 12.0. The summed E-state index contributed by atoms with van der Waals surface area (Å²) in [5.41, 5.74) is 0.611. The third-order valence-electron chi connectivity index (χ3n) is 6.33. The first-order valence-corrected chi connectivity index (χ1v) is 12.0. The van der Waals surface area contributed by atoms with Crippen molar-refractivity contribution < 1.29 is 18.7 Å². The summed E-state index contributed by atoms with van der Waals surface area (Å²) in [5.74, 6) is -2.65. The van der Waals surface area contributed by atoms with Gasteiger partial charge in [-0.1, -0.05) is 20.4 Å². The SMILES string of the molecule is C=CN=C(NC(C)=O)/C(=C(\C)c1cc(C(C)(F)F)cc(N2CCNC(C(C)(C)O)C2)n1)C(C)CC. The molecule has 1 aliphatic rings. The van der Waals surface area contributed by atoms with Crippen molar-refractivity contribution >= 4 is 23.1 Å². The van der Waals surface area contributed by atoms with E-state index in [1.165, 1.54) is 25.3 Å². The van der Waals surface area contributed by atoms with Crippen LogP contribution in [0.1, 0.15) is 66.1 Å². The van der Waals surface area contributed by atoms with Gasteiger partial charge >= 0.3 is 0 Å². The van der Waals surface area contributed by atoms with Crippen LogP contribution < -0.4 is 15.5 Å². The summed E-state index contributed by atoms with van der Waals surface area (Å²) in [6, 6.07) is 2.57. The van der Waals surface area contributed by atoms with Crippen LogP contribution in [0.2, 0.25) is 0 Å². The van der Waals surface area contributed by atoms with Crippen molar-refractivity contribution in [3.63, 3.8) is 0 Å². The average Bonchev–Trinajstić information content (AvgIpc) is 2.77. The van der Waals surface area contributed by atoms with Crippen LogP contribution in [0.3, 0.4) is 0 Å². The number of nitrogens with one attached hydrogen (secondary N) is 2. The molecule has 1 aromatic rings. The molecule has 2 heterocycles. The maximum Gasteiger partial charge on any atom is 0.270 e. The van der Waals surface area contributed by atoms with E-state index in [0.717, 1.165) is 13.3 Å². The van der Waals surface area contributed by atoms with Crippen LogP contribution in [-0.4, -0.2) is 53.1 Å². The number of amidine groups is 1. The van der Waals surface area contributed by atoms with E-state index in [0.29, 0.717) is 48.1 Å². The Morgan fingerprint density at radius 2 is 2.06 bits per heavy atom. The van der Waals surface area contributed by atoms with Gasteiger partial charge in [-0.3, -0.25) is 4.79 Å². The molecular weight excluding hydrogens is 452 g/mol. The zero-order chi connectivity index (χ0) is 26.6. The number of amides is 1. The normalized spacial score (nSPS) is 19.2. The fourth-order valence-corrected chi connectivity index (χ4v) is 4.10. The average molecular weight is 492 g/mol. The highest BCUT2D eigenvalue weighted by molar-refractivity contribution is 6.11. The van der Waals surface area contributed by atoms with Crippen LogP contribution in [-0.2, 0) is 10.7 Å². The van der Waals surface area contributed by atoms with Crippen molar-refractivity contribution in [1.29, 1.82) is 0 Å². The van der Waals surface area contributed by atoms with E-state index < -0.39 is 11.5 Å². The Hall–Kier alpha value is -2.65. The third kappa shape index (κ3) is 7.41. The highest BCUT2D eigenvalue weighted by Crippen LogP contribution is 2.34. The van der Waals surface area contributed by atoms with E-state index in [4.69, 9.17) is 4.98 Å². The molecule has 9 heteroatoms. The van der Waals surface area contributed by atoms with E-state index in [1.807, 2.05) is 25.7 Å². The predicted molar refractivity (Wildman–Crippen MR) is 138 cm³/mol. The van der Waals surface area contributed by atoms with Gasteiger partial charge in [0.05, 0.1) is 17.3 Å². The molecule has 0 bridgehead atoms. The van der Waals surface area contributed by atoms with Gasteiger partial charge in [0.2, 0.25) is 5.91 Å². The highest BCUT2D eigenvalue weighted by atomic mass is 19.3. The van der Waals surface area contributed by atoms with Crippen LogP contribution in [0.4, 0.5) is 14.6 Å². The Balaban J connectivity index is 2.72. The molecule has 2 unspecified atom stereocenters. The van der Waals surface area contributed by atoms with Gasteiger partial charge < -0.3 is 20.6 Å². The van der Waals surface area contributed by atoms with E-state index in [1.54, 1.807) is 13.8 Å². The lowest BCUT2D eigenvalue weighted by atomic mass is 9.90. The number of aromatic nitrogens is 1. The number of allylic oxidation sites excluding steroid dienone is 1. The van der Waals surface area contributed by atoms with Gasteiger partial charge in [-0.15, -0.1) is 0 Å². The minimum absolute atomic E-state index is 0.0321. The molecule has 1 aromatic heterocycles. The van der Waals surface area contributed by atoms with Gasteiger partial charge in [0.1, 0.15) is 11.7 Å². The third-order valence-corrected chi connectivity index (χ3v) is 6.33. The Kier molecular flexibility index (Phi) is 9.30. The Bertz CT molecular complexity index is 992. The fourth-order valence-electron chi connectivity index (χ4n) is 4.10. The van der Waals surface area contributed by atoms with E-state index >= 15 is 0 Å². The van der Waals surface area contributed by atoms with Crippen molar-refractivity contribution in [1.82, 2.24) is 15.6 Å². The second kappa shape index (κ2) is 11.4. The molecule has 194 valence electrons. The molecular formula is C26H39F2N5O2. The number of piperazine rings is 1. The summed E-state index contributed by atoms with van der Waals surface area (Å²) in [4.78, 5) is 22.8. The van der Waals surface area contributed by atoms with E-state index in [-0.39, 0.29) is 23.4 Å². The minimum Gasteiger partial charge on any atom is -0.389 e. The van der Waals surface area contributed by atoms with Crippen LogP contribution in [0.15, 0.2) is 35.5 Å². The number of hydrogen-bond donors (Lipinski definition) is 3. The molecule has 3 N–H and O–H groups in total. The van der Waals surface area contributed by atoms with Crippen LogP contribution >= 0.6 is 0 Å². The maximum absolute atomic E-state index is 14.6. The molecule has 2 atom stereocenters. The number of pyridine rings is 1.